The topological polar surface area (TPSA) is 42.0 Å². The molecule has 1 N–H and O–H groups in total. The normalized spacial score (nSPS) is 16.6. The Balaban J connectivity index is 1.82. The predicted octanol–water partition coefficient (Wildman–Crippen LogP) is 4.53. The van der Waals surface area contributed by atoms with Crippen molar-refractivity contribution >= 4 is 29.0 Å². The molecule has 116 valence electrons. The molecular weight excluding hydrogens is 312 g/mol. The van der Waals surface area contributed by atoms with Gasteiger partial charge in [-0.1, -0.05) is 18.9 Å². The van der Waals surface area contributed by atoms with Crippen LogP contribution in [-0.2, 0) is 0 Å². The number of nitrogens with zero attached hydrogens (tertiary/aromatic N) is 1. The summed E-state index contributed by atoms with van der Waals surface area (Å²) in [5.74, 6) is 0.541. The maximum Gasteiger partial charge on any atom is 0.254 e. The number of rotatable bonds is 5. The highest BCUT2D eigenvalue weighted by atomic mass is 32.2. The quantitative estimate of drug-likeness (QED) is 0.818. The predicted molar refractivity (Wildman–Crippen MR) is 92.5 cm³/mol. The first kappa shape index (κ1) is 15.6. The first-order valence-corrected chi connectivity index (χ1v) is 9.73. The second kappa shape index (κ2) is 7.29. The molecule has 1 atom stereocenters. The van der Waals surface area contributed by atoms with Crippen molar-refractivity contribution in [2.24, 2.45) is 5.92 Å². The zero-order valence-electron chi connectivity index (χ0n) is 12.6. The number of thiophene rings is 1. The Kier molecular flexibility index (Phi) is 5.16. The Morgan fingerprint density at radius 1 is 1.36 bits per heavy atom. The molecule has 0 saturated heterocycles. The SMILES string of the molecule is CSc1ncccc1C(=O)N[C@@H](c1cccs1)C1CCCC1. The molecule has 5 heteroatoms. The van der Waals surface area contributed by atoms with Gasteiger partial charge in [0.05, 0.1) is 11.6 Å². The largest absolute Gasteiger partial charge is 0.344 e. The van der Waals surface area contributed by atoms with Crippen LogP contribution in [0.25, 0.3) is 0 Å². The smallest absolute Gasteiger partial charge is 0.254 e. The lowest BCUT2D eigenvalue weighted by Gasteiger charge is -2.24. The zero-order valence-corrected chi connectivity index (χ0v) is 14.3. The van der Waals surface area contributed by atoms with Crippen LogP contribution >= 0.6 is 23.1 Å². The molecule has 2 aromatic heterocycles. The van der Waals surface area contributed by atoms with Gasteiger partial charge in [-0.15, -0.1) is 23.1 Å². The van der Waals surface area contributed by atoms with Crippen molar-refractivity contribution in [3.63, 3.8) is 0 Å². The summed E-state index contributed by atoms with van der Waals surface area (Å²) < 4.78 is 0. The molecule has 1 fully saturated rings. The third kappa shape index (κ3) is 3.36. The van der Waals surface area contributed by atoms with Crippen LogP contribution in [0.2, 0.25) is 0 Å². The van der Waals surface area contributed by atoms with Crippen LogP contribution in [0.5, 0.6) is 0 Å². The second-order valence-corrected chi connectivity index (χ2v) is 7.35. The number of nitrogens with one attached hydrogen (secondary N) is 1. The van der Waals surface area contributed by atoms with Gasteiger partial charge in [0.25, 0.3) is 5.91 Å². The minimum Gasteiger partial charge on any atom is -0.344 e. The van der Waals surface area contributed by atoms with E-state index in [1.165, 1.54) is 42.3 Å². The molecule has 0 aromatic carbocycles. The summed E-state index contributed by atoms with van der Waals surface area (Å²) in [6.07, 6.45) is 8.62. The van der Waals surface area contributed by atoms with Gasteiger partial charge >= 0.3 is 0 Å². The number of carbonyl (C=O) groups is 1. The maximum atomic E-state index is 12.7. The highest BCUT2D eigenvalue weighted by Gasteiger charge is 2.29. The molecule has 1 amide bonds. The average molecular weight is 332 g/mol. The molecule has 22 heavy (non-hydrogen) atoms. The van der Waals surface area contributed by atoms with Gasteiger partial charge in [-0.05, 0) is 48.6 Å². The molecule has 1 saturated carbocycles. The van der Waals surface area contributed by atoms with Gasteiger partial charge in [0.15, 0.2) is 0 Å². The molecule has 0 spiro atoms. The molecule has 1 aliphatic carbocycles. The fraction of sp³-hybridized carbons (Fsp3) is 0.412. The van der Waals surface area contributed by atoms with Gasteiger partial charge < -0.3 is 5.32 Å². The average Bonchev–Trinajstić information content (AvgIpc) is 3.25. The van der Waals surface area contributed by atoms with E-state index in [0.29, 0.717) is 11.5 Å². The van der Waals surface area contributed by atoms with Crippen LogP contribution in [0.3, 0.4) is 0 Å². The molecule has 0 radical (unpaired) electrons. The number of amides is 1. The van der Waals surface area contributed by atoms with E-state index in [0.717, 1.165) is 5.03 Å². The lowest BCUT2D eigenvalue weighted by Crippen LogP contribution is -2.32. The van der Waals surface area contributed by atoms with Crippen molar-refractivity contribution in [3.8, 4) is 0 Å². The summed E-state index contributed by atoms with van der Waals surface area (Å²) >= 11 is 3.24. The van der Waals surface area contributed by atoms with Gasteiger partial charge in [-0.2, -0.15) is 0 Å². The van der Waals surface area contributed by atoms with Crippen molar-refractivity contribution in [3.05, 3.63) is 46.3 Å². The van der Waals surface area contributed by atoms with Gasteiger partial charge in [0, 0.05) is 11.1 Å². The van der Waals surface area contributed by atoms with E-state index in [2.05, 4.69) is 27.8 Å². The fourth-order valence-corrected chi connectivity index (χ4v) is 4.54. The third-order valence-electron chi connectivity index (χ3n) is 4.22. The zero-order chi connectivity index (χ0) is 15.4. The highest BCUT2D eigenvalue weighted by molar-refractivity contribution is 7.98. The lowest BCUT2D eigenvalue weighted by molar-refractivity contribution is 0.0919. The van der Waals surface area contributed by atoms with Crippen LogP contribution < -0.4 is 5.32 Å². The number of thioether (sulfide) groups is 1. The van der Waals surface area contributed by atoms with E-state index in [-0.39, 0.29) is 11.9 Å². The minimum absolute atomic E-state index is 0.0113. The van der Waals surface area contributed by atoms with Crippen LogP contribution in [0.15, 0.2) is 40.9 Å². The molecular formula is C17H20N2OS2. The Bertz CT molecular complexity index is 621. The molecule has 1 aliphatic rings. The van der Waals surface area contributed by atoms with Crippen LogP contribution in [0.4, 0.5) is 0 Å². The Morgan fingerprint density at radius 2 is 2.18 bits per heavy atom. The van der Waals surface area contributed by atoms with Gasteiger partial charge in [0.1, 0.15) is 5.03 Å². The van der Waals surface area contributed by atoms with E-state index < -0.39 is 0 Å². The van der Waals surface area contributed by atoms with Crippen molar-refractivity contribution < 1.29 is 4.79 Å². The Morgan fingerprint density at radius 3 is 2.86 bits per heavy atom. The van der Waals surface area contributed by atoms with Crippen molar-refractivity contribution in [1.29, 1.82) is 0 Å². The minimum atomic E-state index is -0.0113. The van der Waals surface area contributed by atoms with Crippen molar-refractivity contribution in [2.45, 2.75) is 36.8 Å². The van der Waals surface area contributed by atoms with Gasteiger partial charge in [-0.25, -0.2) is 4.98 Å². The summed E-state index contributed by atoms with van der Waals surface area (Å²) in [5.41, 5.74) is 0.676. The van der Waals surface area contributed by atoms with E-state index in [4.69, 9.17) is 0 Å². The standard InChI is InChI=1S/C17H20N2OS2/c1-21-17-13(8-4-10-18-17)16(20)19-15(12-6-2-3-7-12)14-9-5-11-22-14/h4-5,8-12,15H,2-3,6-7H2,1H3,(H,19,20)/t15-/m1/s1. The summed E-state index contributed by atoms with van der Waals surface area (Å²) in [6.45, 7) is 0. The number of pyridine rings is 1. The summed E-state index contributed by atoms with van der Waals surface area (Å²) in [7, 11) is 0. The van der Waals surface area contributed by atoms with E-state index >= 15 is 0 Å². The molecule has 2 aromatic rings. The van der Waals surface area contributed by atoms with Gasteiger partial charge in [-0.3, -0.25) is 4.79 Å². The second-order valence-electron chi connectivity index (χ2n) is 5.57. The summed E-state index contributed by atoms with van der Waals surface area (Å²) in [4.78, 5) is 18.3. The highest BCUT2D eigenvalue weighted by Crippen LogP contribution is 2.37. The van der Waals surface area contributed by atoms with E-state index in [1.54, 1.807) is 17.5 Å². The monoisotopic (exact) mass is 332 g/mol. The van der Waals surface area contributed by atoms with Crippen molar-refractivity contribution in [1.82, 2.24) is 10.3 Å². The maximum absolute atomic E-state index is 12.7. The van der Waals surface area contributed by atoms with Gasteiger partial charge in [0.2, 0.25) is 0 Å². The molecule has 0 bridgehead atoms. The molecule has 2 heterocycles. The van der Waals surface area contributed by atoms with E-state index in [9.17, 15) is 4.79 Å². The Hall–Kier alpha value is -1.33. The first-order valence-electron chi connectivity index (χ1n) is 7.63. The number of carbonyl (C=O) groups excluding carboxylic acids is 1. The molecule has 3 nitrogen and oxygen atoms in total. The third-order valence-corrected chi connectivity index (χ3v) is 5.88. The molecule has 3 rings (SSSR count). The summed E-state index contributed by atoms with van der Waals surface area (Å²) in [5, 5.41) is 6.14. The first-order chi connectivity index (χ1) is 10.8. The van der Waals surface area contributed by atoms with Crippen LogP contribution in [-0.4, -0.2) is 17.1 Å². The van der Waals surface area contributed by atoms with Crippen molar-refractivity contribution in [2.75, 3.05) is 6.26 Å². The molecule has 0 unspecified atom stereocenters. The number of hydrogen-bond acceptors (Lipinski definition) is 4. The van der Waals surface area contributed by atoms with Crippen LogP contribution in [0, 0.1) is 5.92 Å². The fourth-order valence-electron chi connectivity index (χ4n) is 3.13. The number of aromatic nitrogens is 1. The van der Waals surface area contributed by atoms with E-state index in [1.807, 2.05) is 18.4 Å². The number of hydrogen-bond donors (Lipinski definition) is 1. The molecule has 0 aliphatic heterocycles. The Labute approximate surface area is 139 Å². The summed E-state index contributed by atoms with van der Waals surface area (Å²) in [6, 6.07) is 8.00. The lowest BCUT2D eigenvalue weighted by atomic mass is 9.96. The van der Waals surface area contributed by atoms with Crippen LogP contribution in [0.1, 0.15) is 47.0 Å².